The summed E-state index contributed by atoms with van der Waals surface area (Å²) in [7, 11) is 0. The zero-order chi connectivity index (χ0) is 17.1. The number of benzene rings is 2. The Morgan fingerprint density at radius 1 is 0.708 bits per heavy atom. The summed E-state index contributed by atoms with van der Waals surface area (Å²) >= 11 is 0. The number of nitrogens with one attached hydrogen (secondary N) is 2. The normalized spacial score (nSPS) is 12.5. The topological polar surface area (TPSA) is 106 Å². The third kappa shape index (κ3) is 3.44. The fraction of sp³-hybridized carbons (Fsp3) is 0. The highest BCUT2D eigenvalue weighted by atomic mass is 16.3. The molecule has 2 aromatic carbocycles. The lowest BCUT2D eigenvalue weighted by atomic mass is 10.2. The first-order valence-electron chi connectivity index (χ1n) is 7.15. The molecule has 0 atom stereocenters. The summed E-state index contributed by atoms with van der Waals surface area (Å²) in [4.78, 5) is 29.3. The van der Waals surface area contributed by atoms with Gasteiger partial charge >= 0.3 is 0 Å². The zero-order valence-corrected chi connectivity index (χ0v) is 12.5. The van der Waals surface area contributed by atoms with Crippen LogP contribution in [-0.4, -0.2) is 20.2 Å². The number of aromatic nitrogens is 2. The second-order valence-corrected chi connectivity index (χ2v) is 5.21. The van der Waals surface area contributed by atoms with Gasteiger partial charge in [-0.05, 0) is 47.5 Å². The van der Waals surface area contributed by atoms with Crippen LogP contribution >= 0.6 is 0 Å². The highest BCUT2D eigenvalue weighted by Gasteiger charge is 1.98. The maximum absolute atomic E-state index is 12.1. The summed E-state index contributed by atoms with van der Waals surface area (Å²) in [6.07, 6.45) is 2.94. The number of phenols is 2. The van der Waals surface area contributed by atoms with Gasteiger partial charge in [0.25, 0.3) is 11.1 Å². The van der Waals surface area contributed by atoms with Crippen LogP contribution in [0.25, 0.3) is 12.2 Å². The maximum atomic E-state index is 12.1. The lowest BCUT2D eigenvalue weighted by Crippen LogP contribution is -2.46. The van der Waals surface area contributed by atoms with Crippen LogP contribution in [0, 0.1) is 0 Å². The average Bonchev–Trinajstić information content (AvgIpc) is 2.52. The van der Waals surface area contributed by atoms with Crippen molar-refractivity contribution in [3.63, 3.8) is 0 Å². The largest absolute Gasteiger partial charge is 0.508 e. The first kappa shape index (κ1) is 15.4. The van der Waals surface area contributed by atoms with Crippen molar-refractivity contribution in [3.05, 3.63) is 91.1 Å². The van der Waals surface area contributed by atoms with Gasteiger partial charge < -0.3 is 20.2 Å². The molecule has 0 amide bonds. The Kier molecular flexibility index (Phi) is 4.03. The van der Waals surface area contributed by atoms with E-state index in [-0.39, 0.29) is 22.2 Å². The van der Waals surface area contributed by atoms with E-state index in [1.54, 1.807) is 24.3 Å². The van der Waals surface area contributed by atoms with Crippen LogP contribution in [0.1, 0.15) is 11.1 Å². The Morgan fingerprint density at radius 3 is 1.50 bits per heavy atom. The Hall–Kier alpha value is -3.54. The number of phenolic OH excluding ortho intramolecular Hbond substituents is 2. The molecule has 0 radical (unpaired) electrons. The molecule has 120 valence electrons. The number of hydrogen-bond donors (Lipinski definition) is 4. The minimum Gasteiger partial charge on any atom is -0.508 e. The van der Waals surface area contributed by atoms with E-state index >= 15 is 0 Å². The Labute approximate surface area is 135 Å². The summed E-state index contributed by atoms with van der Waals surface area (Å²) in [5, 5.41) is 19.0. The van der Waals surface area contributed by atoms with E-state index in [2.05, 4.69) is 9.97 Å². The standard InChI is InChI=1S/C18H14N2O4/c21-13-5-1-3-11(7-13)9-15-17(23)20-16(18(24)19-15)10-12-4-2-6-14(22)8-12/h1-10,21-22H,(H,19,24)(H,20,23). The van der Waals surface area contributed by atoms with Crippen LogP contribution in [0.5, 0.6) is 11.5 Å². The molecule has 24 heavy (non-hydrogen) atoms. The molecule has 0 aliphatic carbocycles. The van der Waals surface area contributed by atoms with Crippen molar-refractivity contribution in [2.45, 2.75) is 0 Å². The van der Waals surface area contributed by atoms with Crippen LogP contribution in [0.4, 0.5) is 0 Å². The van der Waals surface area contributed by atoms with Gasteiger partial charge in [0.15, 0.2) is 0 Å². The molecule has 3 aromatic rings. The van der Waals surface area contributed by atoms with E-state index in [1.807, 2.05) is 0 Å². The van der Waals surface area contributed by atoms with Gasteiger partial charge in [-0.2, -0.15) is 0 Å². The van der Waals surface area contributed by atoms with Gasteiger partial charge in [0.1, 0.15) is 22.2 Å². The molecule has 6 nitrogen and oxygen atoms in total. The van der Waals surface area contributed by atoms with E-state index in [0.717, 1.165) is 0 Å². The number of aromatic amines is 2. The molecule has 6 heteroatoms. The van der Waals surface area contributed by atoms with Crippen LogP contribution in [0.2, 0.25) is 0 Å². The second-order valence-electron chi connectivity index (χ2n) is 5.21. The number of aromatic hydroxyl groups is 2. The monoisotopic (exact) mass is 322 g/mol. The second kappa shape index (κ2) is 6.29. The van der Waals surface area contributed by atoms with Crippen molar-refractivity contribution in [1.82, 2.24) is 9.97 Å². The Bertz CT molecular complexity index is 1040. The molecule has 1 aromatic heterocycles. The minimum absolute atomic E-state index is 0.0661. The van der Waals surface area contributed by atoms with Crippen molar-refractivity contribution >= 4 is 12.2 Å². The third-order valence-corrected chi connectivity index (χ3v) is 3.35. The molecular weight excluding hydrogens is 308 g/mol. The average molecular weight is 322 g/mol. The van der Waals surface area contributed by atoms with Crippen LogP contribution in [0.3, 0.4) is 0 Å². The van der Waals surface area contributed by atoms with Gasteiger partial charge in [0, 0.05) is 0 Å². The smallest absolute Gasteiger partial charge is 0.272 e. The van der Waals surface area contributed by atoms with Gasteiger partial charge in [-0.25, -0.2) is 0 Å². The molecule has 0 bridgehead atoms. The Morgan fingerprint density at radius 2 is 1.12 bits per heavy atom. The summed E-state index contributed by atoms with van der Waals surface area (Å²) in [5.41, 5.74) is 0.232. The van der Waals surface area contributed by atoms with Crippen molar-refractivity contribution in [1.29, 1.82) is 0 Å². The van der Waals surface area contributed by atoms with Crippen LogP contribution in [-0.2, 0) is 0 Å². The van der Waals surface area contributed by atoms with Crippen LogP contribution < -0.4 is 21.8 Å². The molecule has 1 heterocycles. The summed E-state index contributed by atoms with van der Waals surface area (Å²) in [6.45, 7) is 0. The number of hydrogen-bond acceptors (Lipinski definition) is 4. The molecule has 4 N–H and O–H groups in total. The third-order valence-electron chi connectivity index (χ3n) is 3.35. The molecular formula is C18H14N2O4. The van der Waals surface area contributed by atoms with Gasteiger partial charge in [-0.1, -0.05) is 24.3 Å². The summed E-state index contributed by atoms with van der Waals surface area (Å²) in [5.74, 6) is 0.132. The SMILES string of the molecule is O=c1[nH]c(=Cc2cccc(O)c2)c(=O)[nH]c1=Cc1cccc(O)c1. The van der Waals surface area contributed by atoms with Gasteiger partial charge in [-0.3, -0.25) is 9.59 Å². The van der Waals surface area contributed by atoms with E-state index in [1.165, 1.54) is 36.4 Å². The van der Waals surface area contributed by atoms with Gasteiger partial charge in [-0.15, -0.1) is 0 Å². The van der Waals surface area contributed by atoms with Gasteiger partial charge in [0.05, 0.1) is 0 Å². The Balaban J connectivity index is 2.13. The fourth-order valence-electron chi connectivity index (χ4n) is 2.26. The lowest BCUT2D eigenvalue weighted by Gasteiger charge is -1.96. The molecule has 0 fully saturated rings. The first-order valence-corrected chi connectivity index (χ1v) is 7.15. The van der Waals surface area contributed by atoms with Crippen molar-refractivity contribution in [2.24, 2.45) is 0 Å². The molecule has 0 spiro atoms. The molecule has 0 saturated carbocycles. The molecule has 0 aliphatic heterocycles. The quantitative estimate of drug-likeness (QED) is 0.538. The van der Waals surface area contributed by atoms with Gasteiger partial charge in [0.2, 0.25) is 0 Å². The van der Waals surface area contributed by atoms with E-state index < -0.39 is 11.1 Å². The fourth-order valence-corrected chi connectivity index (χ4v) is 2.26. The number of H-pyrrole nitrogens is 2. The molecule has 0 aliphatic rings. The van der Waals surface area contributed by atoms with Crippen molar-refractivity contribution < 1.29 is 10.2 Å². The predicted molar refractivity (Wildman–Crippen MR) is 90.3 cm³/mol. The van der Waals surface area contributed by atoms with E-state index in [0.29, 0.717) is 11.1 Å². The maximum Gasteiger partial charge on any atom is 0.272 e. The van der Waals surface area contributed by atoms with E-state index in [4.69, 9.17) is 0 Å². The predicted octanol–water partition coefficient (Wildman–Crippen LogP) is 0.132. The minimum atomic E-state index is -0.468. The lowest BCUT2D eigenvalue weighted by molar-refractivity contribution is 0.474. The van der Waals surface area contributed by atoms with E-state index in [9.17, 15) is 19.8 Å². The zero-order valence-electron chi connectivity index (χ0n) is 12.5. The summed E-state index contributed by atoms with van der Waals surface area (Å²) in [6, 6.07) is 12.6. The molecule has 3 rings (SSSR count). The highest BCUT2D eigenvalue weighted by Crippen LogP contribution is 2.11. The molecule has 0 saturated heterocycles. The van der Waals surface area contributed by atoms with Crippen LogP contribution in [0.15, 0.2) is 58.1 Å². The molecule has 0 unspecified atom stereocenters. The first-order chi connectivity index (χ1) is 11.5. The summed E-state index contributed by atoms with van der Waals surface area (Å²) < 4.78 is 0. The highest BCUT2D eigenvalue weighted by molar-refractivity contribution is 5.51. The van der Waals surface area contributed by atoms with Crippen molar-refractivity contribution in [2.75, 3.05) is 0 Å². The number of rotatable bonds is 2. The van der Waals surface area contributed by atoms with Crippen molar-refractivity contribution in [3.8, 4) is 11.5 Å².